The van der Waals surface area contributed by atoms with Gasteiger partial charge in [-0.3, -0.25) is 9.79 Å². The van der Waals surface area contributed by atoms with Crippen molar-refractivity contribution >= 4 is 29.1 Å². The normalized spacial score (nSPS) is 13.9. The van der Waals surface area contributed by atoms with Gasteiger partial charge in [0.25, 0.3) is 5.91 Å². The summed E-state index contributed by atoms with van der Waals surface area (Å²) in [6.45, 7) is 8.65. The lowest BCUT2D eigenvalue weighted by molar-refractivity contribution is -0.118. The molecule has 2 aromatic carbocycles. The van der Waals surface area contributed by atoms with Crippen molar-refractivity contribution < 1.29 is 9.53 Å². The maximum Gasteiger partial charge on any atom is 0.262 e. The van der Waals surface area contributed by atoms with E-state index in [-0.39, 0.29) is 12.5 Å². The summed E-state index contributed by atoms with van der Waals surface area (Å²) in [6.07, 6.45) is 3.58. The van der Waals surface area contributed by atoms with Crippen LogP contribution >= 0.6 is 11.3 Å². The Morgan fingerprint density at radius 3 is 2.81 bits per heavy atom. The Kier molecular flexibility index (Phi) is 6.13. The quantitative estimate of drug-likeness (QED) is 0.455. The lowest BCUT2D eigenvalue weighted by atomic mass is 10.0. The summed E-state index contributed by atoms with van der Waals surface area (Å²) in [6, 6.07) is 14.1. The van der Waals surface area contributed by atoms with E-state index in [1.54, 1.807) is 6.08 Å². The van der Waals surface area contributed by atoms with Gasteiger partial charge in [0, 0.05) is 10.9 Å². The number of carbonyl (C=O) groups excluding carboxylic acids is 1. The zero-order valence-electron chi connectivity index (χ0n) is 17.5. The maximum atomic E-state index is 11.7. The van der Waals surface area contributed by atoms with Crippen LogP contribution in [0.25, 0.3) is 11.3 Å². The topological polar surface area (TPSA) is 68.0 Å². The van der Waals surface area contributed by atoms with Crippen molar-refractivity contribution in [3.8, 4) is 17.0 Å². The summed E-state index contributed by atoms with van der Waals surface area (Å²) in [5.74, 6) is 0.990. The van der Waals surface area contributed by atoms with Crippen LogP contribution in [0.5, 0.6) is 5.75 Å². The van der Waals surface area contributed by atoms with Gasteiger partial charge in [-0.25, -0.2) is 4.68 Å². The Bertz CT molecular complexity index is 1200. The van der Waals surface area contributed by atoms with E-state index in [0.717, 1.165) is 21.6 Å². The highest BCUT2D eigenvalue weighted by Crippen LogP contribution is 2.32. The van der Waals surface area contributed by atoms with Gasteiger partial charge in [-0.1, -0.05) is 44.2 Å². The zero-order chi connectivity index (χ0) is 21.8. The molecule has 1 aromatic heterocycles. The minimum atomic E-state index is -0.160. The third kappa shape index (κ3) is 4.67. The number of hydrogen-bond donors (Lipinski definition) is 1. The first-order valence-electron chi connectivity index (χ1n) is 10.1. The zero-order valence-corrected chi connectivity index (χ0v) is 18.4. The minimum Gasteiger partial charge on any atom is -0.482 e. The van der Waals surface area contributed by atoms with E-state index in [1.807, 2.05) is 34.5 Å². The van der Waals surface area contributed by atoms with Crippen LogP contribution in [-0.2, 0) is 4.79 Å². The van der Waals surface area contributed by atoms with Crippen LogP contribution in [-0.4, -0.2) is 29.9 Å². The number of hydrogen-bond acceptors (Lipinski definition) is 5. The molecule has 0 aliphatic carbocycles. The summed E-state index contributed by atoms with van der Waals surface area (Å²) in [5, 5.41) is 9.59. The van der Waals surface area contributed by atoms with E-state index < -0.39 is 0 Å². The van der Waals surface area contributed by atoms with E-state index in [1.165, 1.54) is 16.9 Å². The van der Waals surface area contributed by atoms with E-state index >= 15 is 0 Å². The molecule has 0 atom stereocenters. The van der Waals surface area contributed by atoms with E-state index in [9.17, 15) is 4.79 Å². The predicted molar refractivity (Wildman–Crippen MR) is 126 cm³/mol. The molecule has 6 nitrogen and oxygen atoms in total. The van der Waals surface area contributed by atoms with Crippen LogP contribution < -0.4 is 14.9 Å². The summed E-state index contributed by atoms with van der Waals surface area (Å²) < 4.78 is 7.29. The fourth-order valence-corrected chi connectivity index (χ4v) is 4.04. The molecule has 1 amide bonds. The molecule has 0 saturated heterocycles. The molecule has 3 aromatic rings. The smallest absolute Gasteiger partial charge is 0.262 e. The van der Waals surface area contributed by atoms with Crippen LogP contribution in [0.1, 0.15) is 30.9 Å². The number of amides is 1. The second-order valence-corrected chi connectivity index (χ2v) is 8.29. The van der Waals surface area contributed by atoms with Crippen molar-refractivity contribution in [1.29, 1.82) is 0 Å². The van der Waals surface area contributed by atoms with Crippen molar-refractivity contribution in [1.82, 2.24) is 4.68 Å². The third-order valence-corrected chi connectivity index (χ3v) is 5.73. The number of nitrogens with zero attached hydrogens (tertiary/aromatic N) is 3. The SMILES string of the molecule is C=CCN=c1scc(-c2ccc3c(c2)NC(=O)CO3)n1N=Cc1ccc(C(C)C)cc1. The first kappa shape index (κ1) is 20.8. The van der Waals surface area contributed by atoms with Crippen LogP contribution in [0.15, 0.2) is 70.6 Å². The molecule has 0 radical (unpaired) electrons. The molecule has 2 heterocycles. The highest BCUT2D eigenvalue weighted by molar-refractivity contribution is 7.07. The van der Waals surface area contributed by atoms with Crippen molar-refractivity contribution in [2.45, 2.75) is 19.8 Å². The van der Waals surface area contributed by atoms with Crippen molar-refractivity contribution in [2.24, 2.45) is 10.1 Å². The number of thiazole rings is 1. The molecule has 158 valence electrons. The molecule has 7 heteroatoms. The molecule has 4 rings (SSSR count). The summed E-state index contributed by atoms with van der Waals surface area (Å²) >= 11 is 1.51. The summed E-state index contributed by atoms with van der Waals surface area (Å²) in [4.78, 5) is 17.0. The van der Waals surface area contributed by atoms with Crippen molar-refractivity contribution in [2.75, 3.05) is 18.5 Å². The molecule has 0 fully saturated rings. The standard InChI is InChI=1S/C24H24N4O2S/c1-4-11-25-24-28(26-13-17-5-7-18(8-6-17)16(2)3)21(15-31-24)19-9-10-22-20(12-19)27-23(29)14-30-22/h4-10,12-13,15-16H,1,11,14H2,2-3H3,(H,27,29). The number of anilines is 1. The Balaban J connectivity index is 1.73. The Labute approximate surface area is 185 Å². The van der Waals surface area contributed by atoms with Crippen molar-refractivity contribution in [3.05, 3.63) is 76.4 Å². The fraction of sp³-hybridized carbons (Fsp3) is 0.208. The highest BCUT2D eigenvalue weighted by atomic mass is 32.1. The van der Waals surface area contributed by atoms with Gasteiger partial charge < -0.3 is 10.1 Å². The summed E-state index contributed by atoms with van der Waals surface area (Å²) in [5.41, 5.74) is 4.75. The second kappa shape index (κ2) is 9.14. The van der Waals surface area contributed by atoms with Gasteiger partial charge in [-0.05, 0) is 35.2 Å². The van der Waals surface area contributed by atoms with Crippen LogP contribution in [0.3, 0.4) is 0 Å². The van der Waals surface area contributed by atoms with Gasteiger partial charge in [0.05, 0.1) is 24.1 Å². The molecule has 0 spiro atoms. The first-order chi connectivity index (χ1) is 15.0. The lowest BCUT2D eigenvalue weighted by Gasteiger charge is -2.18. The number of benzene rings is 2. The van der Waals surface area contributed by atoms with Crippen LogP contribution in [0.2, 0.25) is 0 Å². The average Bonchev–Trinajstić information content (AvgIpc) is 3.18. The number of aromatic nitrogens is 1. The molecule has 0 bridgehead atoms. The Morgan fingerprint density at radius 2 is 2.06 bits per heavy atom. The van der Waals surface area contributed by atoms with Crippen molar-refractivity contribution in [3.63, 3.8) is 0 Å². The molecule has 0 saturated carbocycles. The second-order valence-electron chi connectivity index (χ2n) is 7.46. The average molecular weight is 433 g/mol. The minimum absolute atomic E-state index is 0.0370. The fourth-order valence-electron chi connectivity index (χ4n) is 3.19. The van der Waals surface area contributed by atoms with E-state index in [2.05, 4.69) is 55.0 Å². The Morgan fingerprint density at radius 1 is 1.26 bits per heavy atom. The molecule has 0 unspecified atom stereocenters. The molecular formula is C24H24N4O2S. The maximum absolute atomic E-state index is 11.7. The monoisotopic (exact) mass is 432 g/mol. The van der Waals surface area contributed by atoms with Crippen LogP contribution in [0, 0.1) is 0 Å². The number of nitrogens with one attached hydrogen (secondary N) is 1. The van der Waals surface area contributed by atoms with Gasteiger partial charge in [0.1, 0.15) is 5.75 Å². The first-order valence-corrected chi connectivity index (χ1v) is 11.0. The summed E-state index contributed by atoms with van der Waals surface area (Å²) in [7, 11) is 0. The van der Waals surface area contributed by atoms with E-state index in [4.69, 9.17) is 9.84 Å². The molecule has 31 heavy (non-hydrogen) atoms. The van der Waals surface area contributed by atoms with Crippen LogP contribution in [0.4, 0.5) is 5.69 Å². The number of fused-ring (bicyclic) bond motifs is 1. The van der Waals surface area contributed by atoms with Gasteiger partial charge in [-0.15, -0.1) is 17.9 Å². The van der Waals surface area contributed by atoms with E-state index in [0.29, 0.717) is 23.9 Å². The highest BCUT2D eigenvalue weighted by Gasteiger charge is 2.17. The van der Waals surface area contributed by atoms with Gasteiger partial charge in [0.15, 0.2) is 6.61 Å². The predicted octanol–water partition coefficient (Wildman–Crippen LogP) is 4.64. The lowest BCUT2D eigenvalue weighted by Crippen LogP contribution is -2.25. The number of ether oxygens (including phenoxy) is 1. The molecular weight excluding hydrogens is 408 g/mol. The van der Waals surface area contributed by atoms with Gasteiger partial charge in [0.2, 0.25) is 4.80 Å². The molecule has 1 N–H and O–H groups in total. The largest absolute Gasteiger partial charge is 0.482 e. The Hall–Kier alpha value is -3.45. The molecule has 1 aliphatic heterocycles. The number of rotatable bonds is 6. The molecule has 1 aliphatic rings. The third-order valence-electron chi connectivity index (χ3n) is 4.87. The number of carbonyl (C=O) groups is 1. The van der Waals surface area contributed by atoms with Gasteiger partial charge in [-0.2, -0.15) is 5.10 Å². The van der Waals surface area contributed by atoms with Gasteiger partial charge >= 0.3 is 0 Å².